The summed E-state index contributed by atoms with van der Waals surface area (Å²) in [5, 5.41) is 0. The van der Waals surface area contributed by atoms with E-state index in [-0.39, 0.29) is 6.04 Å². The standard InChI is InChI=1S/C17H27NO3/c1-3-19-16-8-4-6-14(12-13(2)18)17(16)21-11-9-15-7-5-10-20-15/h4,6,8,13,15H,3,5,7,9-12,18H2,1-2H3. The molecule has 0 bridgehead atoms. The maximum Gasteiger partial charge on any atom is 0.164 e. The van der Waals surface area contributed by atoms with E-state index in [0.29, 0.717) is 19.3 Å². The van der Waals surface area contributed by atoms with Gasteiger partial charge in [0, 0.05) is 19.1 Å². The van der Waals surface area contributed by atoms with E-state index in [1.54, 1.807) is 0 Å². The molecule has 1 aromatic carbocycles. The van der Waals surface area contributed by atoms with Crippen LogP contribution in [0.2, 0.25) is 0 Å². The van der Waals surface area contributed by atoms with Gasteiger partial charge in [0.25, 0.3) is 0 Å². The summed E-state index contributed by atoms with van der Waals surface area (Å²) in [4.78, 5) is 0. The van der Waals surface area contributed by atoms with E-state index in [9.17, 15) is 0 Å². The van der Waals surface area contributed by atoms with E-state index in [2.05, 4.69) is 6.07 Å². The van der Waals surface area contributed by atoms with Crippen LogP contribution in [0.3, 0.4) is 0 Å². The van der Waals surface area contributed by atoms with Gasteiger partial charge in [-0.25, -0.2) is 0 Å². The van der Waals surface area contributed by atoms with Crippen molar-refractivity contribution in [1.82, 2.24) is 0 Å². The van der Waals surface area contributed by atoms with Gasteiger partial charge in [-0.05, 0) is 44.7 Å². The average molecular weight is 293 g/mol. The van der Waals surface area contributed by atoms with Crippen LogP contribution in [-0.4, -0.2) is 32.0 Å². The Hall–Kier alpha value is -1.26. The molecule has 0 amide bonds. The molecule has 4 heteroatoms. The summed E-state index contributed by atoms with van der Waals surface area (Å²) in [5.74, 6) is 1.65. The summed E-state index contributed by atoms with van der Waals surface area (Å²) in [7, 11) is 0. The molecular formula is C17H27NO3. The fourth-order valence-electron chi connectivity index (χ4n) is 2.67. The molecule has 0 radical (unpaired) electrons. The Labute approximate surface area is 127 Å². The molecule has 0 aromatic heterocycles. The predicted octanol–water partition coefficient (Wildman–Crippen LogP) is 2.92. The summed E-state index contributed by atoms with van der Waals surface area (Å²) in [6, 6.07) is 6.11. The number of para-hydroxylation sites is 1. The van der Waals surface area contributed by atoms with E-state index in [1.807, 2.05) is 26.0 Å². The van der Waals surface area contributed by atoms with Crippen LogP contribution >= 0.6 is 0 Å². The topological polar surface area (TPSA) is 53.7 Å². The zero-order chi connectivity index (χ0) is 15.1. The van der Waals surface area contributed by atoms with Crippen molar-refractivity contribution in [2.45, 2.75) is 51.7 Å². The van der Waals surface area contributed by atoms with Gasteiger partial charge in [-0.1, -0.05) is 12.1 Å². The molecule has 118 valence electrons. The minimum atomic E-state index is 0.0994. The van der Waals surface area contributed by atoms with Crippen LogP contribution in [0.1, 0.15) is 38.7 Å². The van der Waals surface area contributed by atoms with Crippen LogP contribution in [0.25, 0.3) is 0 Å². The molecule has 1 heterocycles. The summed E-state index contributed by atoms with van der Waals surface area (Å²) in [6.45, 7) is 6.15. The SMILES string of the molecule is CCOc1cccc(CC(C)N)c1OCCC1CCCO1. The largest absolute Gasteiger partial charge is 0.490 e. The first-order valence-corrected chi connectivity index (χ1v) is 7.95. The van der Waals surface area contributed by atoms with Crippen LogP contribution < -0.4 is 15.2 Å². The number of hydrogen-bond donors (Lipinski definition) is 1. The minimum Gasteiger partial charge on any atom is -0.490 e. The van der Waals surface area contributed by atoms with Crippen molar-refractivity contribution >= 4 is 0 Å². The molecule has 0 spiro atoms. The van der Waals surface area contributed by atoms with Crippen molar-refractivity contribution in [1.29, 1.82) is 0 Å². The Kier molecular flexibility index (Phi) is 6.33. The number of rotatable bonds is 8. The highest BCUT2D eigenvalue weighted by Crippen LogP contribution is 2.32. The molecule has 0 aliphatic carbocycles. The van der Waals surface area contributed by atoms with Gasteiger partial charge in [0.2, 0.25) is 0 Å². The number of ether oxygens (including phenoxy) is 3. The zero-order valence-corrected chi connectivity index (χ0v) is 13.1. The lowest BCUT2D eigenvalue weighted by atomic mass is 10.1. The molecule has 1 aliphatic heterocycles. The maximum absolute atomic E-state index is 6.02. The van der Waals surface area contributed by atoms with Crippen molar-refractivity contribution in [3.8, 4) is 11.5 Å². The molecule has 1 aliphatic rings. The van der Waals surface area contributed by atoms with Gasteiger partial charge in [-0.15, -0.1) is 0 Å². The zero-order valence-electron chi connectivity index (χ0n) is 13.1. The van der Waals surface area contributed by atoms with E-state index in [0.717, 1.165) is 49.4 Å². The van der Waals surface area contributed by atoms with Gasteiger partial charge in [-0.2, -0.15) is 0 Å². The molecule has 1 saturated heterocycles. The van der Waals surface area contributed by atoms with Gasteiger partial charge in [0.05, 0.1) is 19.3 Å². The summed E-state index contributed by atoms with van der Waals surface area (Å²) < 4.78 is 17.3. The second-order valence-corrected chi connectivity index (χ2v) is 5.63. The third-order valence-electron chi connectivity index (χ3n) is 3.61. The smallest absolute Gasteiger partial charge is 0.164 e. The van der Waals surface area contributed by atoms with Gasteiger partial charge >= 0.3 is 0 Å². The summed E-state index contributed by atoms with van der Waals surface area (Å²) >= 11 is 0. The Bertz CT molecular complexity index is 428. The Morgan fingerprint density at radius 2 is 2.24 bits per heavy atom. The van der Waals surface area contributed by atoms with Crippen molar-refractivity contribution in [3.63, 3.8) is 0 Å². The fourth-order valence-corrected chi connectivity index (χ4v) is 2.67. The lowest BCUT2D eigenvalue weighted by Gasteiger charge is -2.18. The second kappa shape index (κ2) is 8.25. The molecule has 2 atom stereocenters. The first-order valence-electron chi connectivity index (χ1n) is 7.95. The second-order valence-electron chi connectivity index (χ2n) is 5.63. The molecule has 2 rings (SSSR count). The van der Waals surface area contributed by atoms with Crippen LogP contribution in [0, 0.1) is 0 Å². The third kappa shape index (κ3) is 4.90. The van der Waals surface area contributed by atoms with E-state index >= 15 is 0 Å². The Balaban J connectivity index is 2.01. The Morgan fingerprint density at radius 1 is 1.38 bits per heavy atom. The molecule has 4 nitrogen and oxygen atoms in total. The molecule has 0 saturated carbocycles. The van der Waals surface area contributed by atoms with Crippen LogP contribution in [0.5, 0.6) is 11.5 Å². The van der Waals surface area contributed by atoms with Crippen LogP contribution in [0.15, 0.2) is 18.2 Å². The van der Waals surface area contributed by atoms with Gasteiger partial charge in [0.1, 0.15) is 0 Å². The van der Waals surface area contributed by atoms with Crippen molar-refractivity contribution < 1.29 is 14.2 Å². The first-order chi connectivity index (χ1) is 10.2. The first kappa shape index (κ1) is 16.1. The van der Waals surface area contributed by atoms with Gasteiger partial charge in [-0.3, -0.25) is 0 Å². The average Bonchev–Trinajstić information content (AvgIpc) is 2.94. The molecule has 1 aromatic rings. The molecular weight excluding hydrogens is 266 g/mol. The van der Waals surface area contributed by atoms with Crippen molar-refractivity contribution in [3.05, 3.63) is 23.8 Å². The molecule has 1 fully saturated rings. The van der Waals surface area contributed by atoms with Gasteiger partial charge < -0.3 is 19.9 Å². The molecule has 2 unspecified atom stereocenters. The molecule has 21 heavy (non-hydrogen) atoms. The highest BCUT2D eigenvalue weighted by Gasteiger charge is 2.17. The summed E-state index contributed by atoms with van der Waals surface area (Å²) in [6.07, 6.45) is 4.37. The fraction of sp³-hybridized carbons (Fsp3) is 0.647. The third-order valence-corrected chi connectivity index (χ3v) is 3.61. The predicted molar refractivity (Wildman–Crippen MR) is 84.1 cm³/mol. The van der Waals surface area contributed by atoms with Crippen LogP contribution in [-0.2, 0) is 11.2 Å². The van der Waals surface area contributed by atoms with E-state index < -0.39 is 0 Å². The lowest BCUT2D eigenvalue weighted by molar-refractivity contribution is 0.0896. The molecule has 2 N–H and O–H groups in total. The summed E-state index contributed by atoms with van der Waals surface area (Å²) in [5.41, 5.74) is 7.04. The quantitative estimate of drug-likeness (QED) is 0.800. The Morgan fingerprint density at radius 3 is 2.90 bits per heavy atom. The van der Waals surface area contributed by atoms with E-state index in [1.165, 1.54) is 0 Å². The highest BCUT2D eigenvalue weighted by atomic mass is 16.5. The van der Waals surface area contributed by atoms with Crippen LogP contribution in [0.4, 0.5) is 0 Å². The minimum absolute atomic E-state index is 0.0994. The number of nitrogens with two attached hydrogens (primary N) is 1. The lowest BCUT2D eigenvalue weighted by Crippen LogP contribution is -2.19. The number of benzene rings is 1. The number of hydrogen-bond acceptors (Lipinski definition) is 4. The normalized spacial score (nSPS) is 19.5. The van der Waals surface area contributed by atoms with Crippen molar-refractivity contribution in [2.24, 2.45) is 5.73 Å². The van der Waals surface area contributed by atoms with Gasteiger partial charge in [0.15, 0.2) is 11.5 Å². The van der Waals surface area contributed by atoms with E-state index in [4.69, 9.17) is 19.9 Å². The van der Waals surface area contributed by atoms with Crippen molar-refractivity contribution in [2.75, 3.05) is 19.8 Å². The maximum atomic E-state index is 6.02. The highest BCUT2D eigenvalue weighted by molar-refractivity contribution is 5.47. The monoisotopic (exact) mass is 293 g/mol.